The number of anilines is 2. The smallest absolute Gasteiger partial charge is 0.160 e. The van der Waals surface area contributed by atoms with E-state index in [-0.39, 0.29) is 0 Å². The van der Waals surface area contributed by atoms with E-state index in [1.54, 1.807) is 7.11 Å². The average molecular weight is 474 g/mol. The molecular formula is C30H39N3O2. The summed E-state index contributed by atoms with van der Waals surface area (Å²) in [5, 5.41) is 14.7. The summed E-state index contributed by atoms with van der Waals surface area (Å²) in [6, 6.07) is 12.5. The summed E-state index contributed by atoms with van der Waals surface area (Å²) in [6.45, 7) is 15.2. The molecule has 4 rings (SSSR count). The van der Waals surface area contributed by atoms with Gasteiger partial charge in [-0.1, -0.05) is 23.3 Å². The fourth-order valence-electron chi connectivity index (χ4n) is 4.55. The predicted octanol–water partition coefficient (Wildman–Crippen LogP) is 5.80. The Bertz CT molecular complexity index is 1300. The molecule has 35 heavy (non-hydrogen) atoms. The number of aromatic nitrogens is 2. The average Bonchev–Trinajstić information content (AvgIpc) is 3.29. The Balaban J connectivity index is 0.000000241. The van der Waals surface area contributed by atoms with Crippen LogP contribution >= 0.6 is 0 Å². The molecule has 1 heterocycles. The van der Waals surface area contributed by atoms with Crippen molar-refractivity contribution in [3.8, 4) is 11.5 Å². The summed E-state index contributed by atoms with van der Waals surface area (Å²) < 4.78 is 10.5. The van der Waals surface area contributed by atoms with Crippen LogP contribution in [0.25, 0.3) is 11.1 Å². The van der Waals surface area contributed by atoms with Crippen LogP contribution in [0.3, 0.4) is 0 Å². The molecule has 1 aliphatic rings. The lowest BCUT2D eigenvalue weighted by Crippen LogP contribution is -2.35. The van der Waals surface area contributed by atoms with Crippen molar-refractivity contribution in [3.05, 3.63) is 69.2 Å². The molecule has 0 fully saturated rings. The summed E-state index contributed by atoms with van der Waals surface area (Å²) in [6.07, 6.45) is 3.66. The molecule has 2 aromatic carbocycles. The van der Waals surface area contributed by atoms with Crippen molar-refractivity contribution in [2.24, 2.45) is 0 Å². The molecule has 0 aliphatic heterocycles. The highest BCUT2D eigenvalue weighted by Gasteiger charge is 2.12. The number of hydrogen-bond acceptors (Lipinski definition) is 5. The van der Waals surface area contributed by atoms with Gasteiger partial charge in [-0.25, -0.2) is 0 Å². The van der Waals surface area contributed by atoms with E-state index in [2.05, 4.69) is 61.4 Å². The summed E-state index contributed by atoms with van der Waals surface area (Å²) in [5.41, 5.74) is 8.69. The van der Waals surface area contributed by atoms with Crippen molar-refractivity contribution in [2.45, 2.75) is 67.7 Å². The Morgan fingerprint density at radius 1 is 0.886 bits per heavy atom. The second-order valence-electron chi connectivity index (χ2n) is 9.41. The summed E-state index contributed by atoms with van der Waals surface area (Å²) in [5.74, 6) is 2.59. The van der Waals surface area contributed by atoms with E-state index in [1.807, 2.05) is 39.0 Å². The van der Waals surface area contributed by atoms with E-state index in [4.69, 9.17) is 9.47 Å². The predicted molar refractivity (Wildman–Crippen MR) is 146 cm³/mol. The zero-order valence-corrected chi connectivity index (χ0v) is 22.5. The number of aryl methyl sites for hydroxylation is 4. The minimum atomic E-state index is 0.687. The number of nitrogens with zero attached hydrogens (tertiary/aromatic N) is 2. The van der Waals surface area contributed by atoms with Crippen molar-refractivity contribution in [1.82, 2.24) is 10.2 Å². The van der Waals surface area contributed by atoms with Gasteiger partial charge in [-0.05, 0) is 103 Å². The topological polar surface area (TPSA) is 56.3 Å². The molecule has 0 amide bonds. The number of hydrogen-bond donors (Lipinski definition) is 1. The summed E-state index contributed by atoms with van der Waals surface area (Å²) in [7, 11) is 1.66. The van der Waals surface area contributed by atoms with Crippen LogP contribution in [0.4, 0.5) is 11.5 Å². The fourth-order valence-corrected chi connectivity index (χ4v) is 4.55. The number of nitrogens with one attached hydrogen (secondary N) is 1. The van der Waals surface area contributed by atoms with Crippen LogP contribution in [0.2, 0.25) is 0 Å². The van der Waals surface area contributed by atoms with Gasteiger partial charge in [-0.3, -0.25) is 0 Å². The van der Waals surface area contributed by atoms with E-state index in [1.165, 1.54) is 52.0 Å². The highest BCUT2D eigenvalue weighted by atomic mass is 16.5. The second-order valence-corrected chi connectivity index (χ2v) is 9.41. The normalized spacial score (nSPS) is 11.8. The van der Waals surface area contributed by atoms with Crippen molar-refractivity contribution in [1.29, 1.82) is 0 Å². The van der Waals surface area contributed by atoms with E-state index >= 15 is 0 Å². The fraction of sp³-hybridized carbons (Fsp3) is 0.400. The van der Waals surface area contributed by atoms with Gasteiger partial charge in [-0.15, -0.1) is 5.10 Å². The Labute approximate surface area is 209 Å². The van der Waals surface area contributed by atoms with Gasteiger partial charge >= 0.3 is 0 Å². The Kier molecular flexibility index (Phi) is 8.91. The van der Waals surface area contributed by atoms with E-state index in [9.17, 15) is 0 Å². The molecule has 0 unspecified atom stereocenters. The maximum Gasteiger partial charge on any atom is 0.160 e. The number of ether oxygens (including phenoxy) is 2. The monoisotopic (exact) mass is 473 g/mol. The molecule has 1 aromatic heterocycles. The first-order valence-electron chi connectivity index (χ1n) is 12.4. The molecular weight excluding hydrogens is 434 g/mol. The van der Waals surface area contributed by atoms with Gasteiger partial charge in [0, 0.05) is 22.2 Å². The SMILES string of the molecule is CC(C)=c1c(C)nnc(Nc2ccc3c(c2)CCC3)c1=C(C)C.CCOc1ccc(C)c(OC)c1. The van der Waals surface area contributed by atoms with Crippen LogP contribution in [-0.4, -0.2) is 23.9 Å². The second kappa shape index (κ2) is 11.9. The number of fused-ring (bicyclic) bond motifs is 1. The van der Waals surface area contributed by atoms with E-state index < -0.39 is 0 Å². The molecule has 5 nitrogen and oxygen atoms in total. The molecule has 0 saturated carbocycles. The van der Waals surface area contributed by atoms with Crippen LogP contribution in [0, 0.1) is 13.8 Å². The lowest BCUT2D eigenvalue weighted by molar-refractivity contribution is 0.336. The molecule has 1 aliphatic carbocycles. The standard InChI is InChI=1S/C20H25N3.C10H14O2/c1-12(2)18-14(5)22-23-20(19(18)13(3)4)21-17-10-9-15-7-6-8-16(15)11-17;1-4-12-9-6-5-8(2)10(7-9)11-3/h9-11H,6-8H2,1-5H3,(H,21,23);5-7H,4H2,1-3H3. The third-order valence-corrected chi connectivity index (χ3v) is 6.20. The first-order chi connectivity index (χ1) is 16.7. The van der Waals surface area contributed by atoms with Crippen LogP contribution in [0.15, 0.2) is 36.4 Å². The number of methoxy groups -OCH3 is 1. The van der Waals surface area contributed by atoms with Gasteiger partial charge < -0.3 is 14.8 Å². The van der Waals surface area contributed by atoms with Crippen molar-refractivity contribution < 1.29 is 9.47 Å². The highest BCUT2D eigenvalue weighted by molar-refractivity contribution is 5.63. The highest BCUT2D eigenvalue weighted by Crippen LogP contribution is 2.26. The zero-order chi connectivity index (χ0) is 25.5. The lowest BCUT2D eigenvalue weighted by Gasteiger charge is -2.11. The van der Waals surface area contributed by atoms with Gasteiger partial charge in [0.25, 0.3) is 0 Å². The Morgan fingerprint density at radius 2 is 1.60 bits per heavy atom. The molecule has 1 N–H and O–H groups in total. The summed E-state index contributed by atoms with van der Waals surface area (Å²) >= 11 is 0. The van der Waals surface area contributed by atoms with Gasteiger partial charge in [-0.2, -0.15) is 5.10 Å². The Morgan fingerprint density at radius 3 is 2.26 bits per heavy atom. The van der Waals surface area contributed by atoms with Crippen LogP contribution in [0.1, 0.15) is 63.4 Å². The third-order valence-electron chi connectivity index (χ3n) is 6.20. The van der Waals surface area contributed by atoms with Gasteiger partial charge in [0.15, 0.2) is 5.82 Å². The maximum absolute atomic E-state index is 5.32. The van der Waals surface area contributed by atoms with E-state index in [0.717, 1.165) is 34.3 Å². The molecule has 0 radical (unpaired) electrons. The first kappa shape index (κ1) is 26.3. The van der Waals surface area contributed by atoms with Crippen molar-refractivity contribution >= 4 is 22.7 Å². The quantitative estimate of drug-likeness (QED) is 0.507. The molecule has 0 atom stereocenters. The maximum atomic E-state index is 5.32. The minimum Gasteiger partial charge on any atom is -0.496 e. The van der Waals surface area contributed by atoms with Crippen molar-refractivity contribution in [3.63, 3.8) is 0 Å². The minimum absolute atomic E-state index is 0.687. The van der Waals surface area contributed by atoms with Crippen LogP contribution in [0.5, 0.6) is 11.5 Å². The molecule has 186 valence electrons. The molecule has 5 heteroatoms. The van der Waals surface area contributed by atoms with Gasteiger partial charge in [0.05, 0.1) is 19.4 Å². The lowest BCUT2D eigenvalue weighted by atomic mass is 10.1. The van der Waals surface area contributed by atoms with Gasteiger partial charge in [0.2, 0.25) is 0 Å². The number of rotatable bonds is 5. The molecule has 3 aromatic rings. The van der Waals surface area contributed by atoms with E-state index in [0.29, 0.717) is 6.61 Å². The molecule has 0 bridgehead atoms. The van der Waals surface area contributed by atoms with Crippen molar-refractivity contribution in [2.75, 3.05) is 19.0 Å². The molecule has 0 spiro atoms. The largest absolute Gasteiger partial charge is 0.496 e. The Hall–Kier alpha value is -3.34. The zero-order valence-electron chi connectivity index (χ0n) is 22.5. The first-order valence-corrected chi connectivity index (χ1v) is 12.4. The molecule has 0 saturated heterocycles. The third kappa shape index (κ3) is 6.41. The van der Waals surface area contributed by atoms with Crippen LogP contribution < -0.4 is 25.2 Å². The van der Waals surface area contributed by atoms with Gasteiger partial charge in [0.1, 0.15) is 11.5 Å². The summed E-state index contributed by atoms with van der Waals surface area (Å²) in [4.78, 5) is 0. The number of benzene rings is 2. The van der Waals surface area contributed by atoms with Crippen LogP contribution in [-0.2, 0) is 12.8 Å².